The first-order chi connectivity index (χ1) is 26.1. The molecule has 2 fully saturated rings. The number of methoxy groups -OCH3 is 1. The molecule has 1 aromatic carbocycles. The highest BCUT2D eigenvalue weighted by Gasteiger charge is 2.54. The van der Waals surface area contributed by atoms with Gasteiger partial charge in [-0.2, -0.15) is 0 Å². The zero-order valence-corrected chi connectivity index (χ0v) is 34.2. The molecule has 0 bridgehead atoms. The lowest BCUT2D eigenvalue weighted by Gasteiger charge is -2.32. The van der Waals surface area contributed by atoms with Crippen LogP contribution in [0.3, 0.4) is 0 Å². The number of rotatable bonds is 14. The number of carbonyl (C=O) groups excluding carboxylic acids is 2. The predicted octanol–water partition coefficient (Wildman–Crippen LogP) is 4.36. The number of nitrogens with zero attached hydrogens (tertiary/aromatic N) is 1. The van der Waals surface area contributed by atoms with E-state index in [2.05, 4.69) is 53.6 Å². The van der Waals surface area contributed by atoms with Crippen LogP contribution in [0.2, 0.25) is 0 Å². The smallest absolute Gasteiger partial charge is 0.309 e. The van der Waals surface area contributed by atoms with Crippen LogP contribution in [0.4, 0.5) is 5.69 Å². The summed E-state index contributed by atoms with van der Waals surface area (Å²) in [6.45, 7) is 17.1. The van der Waals surface area contributed by atoms with Gasteiger partial charge in [0.05, 0.1) is 36.4 Å². The van der Waals surface area contributed by atoms with Gasteiger partial charge < -0.3 is 49.8 Å². The number of ether oxygens (including phenoxy) is 4. The number of nitrogens with one attached hydrogen (secondary N) is 2. The van der Waals surface area contributed by atoms with Gasteiger partial charge in [-0.1, -0.05) is 57.2 Å². The lowest BCUT2D eigenvalue weighted by Crippen LogP contribution is -2.52. The number of aliphatic hydroxyl groups excluding tert-OH is 1. The van der Waals surface area contributed by atoms with E-state index in [-0.39, 0.29) is 49.4 Å². The largest absolute Gasteiger partial charge is 0.457 e. The Morgan fingerprint density at radius 1 is 1.18 bits per heavy atom. The van der Waals surface area contributed by atoms with Crippen LogP contribution in [-0.4, -0.2) is 114 Å². The summed E-state index contributed by atoms with van der Waals surface area (Å²) in [5.41, 5.74) is 0.201. The third kappa shape index (κ3) is 13.0. The monoisotopic (exact) mass is 769 g/mol. The molecule has 3 aliphatic heterocycles. The van der Waals surface area contributed by atoms with Crippen molar-refractivity contribution in [1.29, 1.82) is 0 Å². The van der Waals surface area contributed by atoms with E-state index in [9.17, 15) is 24.9 Å². The SMILES string of the molecule is CC[C@H](OC)[C@@H](C)[C@H]1O[C@@H]1C(NCc1ccc(N2CCCNCC2)cc1)C(C)(O)/C=C/C=C(\C)[C@@H]1OC(=O)C[C@H](O)CC[C@@](C)(O)[C@@H](OC(C)=O)/C=C/[C@@H]1C. The number of allylic oxidation sites excluding steroid dienone is 2. The first-order valence-corrected chi connectivity index (χ1v) is 20.1. The first kappa shape index (κ1) is 44.6. The molecule has 308 valence electrons. The molecule has 0 saturated carbocycles. The van der Waals surface area contributed by atoms with Crippen LogP contribution in [0.1, 0.15) is 86.1 Å². The van der Waals surface area contributed by atoms with Crippen molar-refractivity contribution in [3.63, 3.8) is 0 Å². The summed E-state index contributed by atoms with van der Waals surface area (Å²) in [7, 11) is 1.72. The van der Waals surface area contributed by atoms with E-state index in [4.69, 9.17) is 18.9 Å². The zero-order valence-electron chi connectivity index (χ0n) is 34.2. The van der Waals surface area contributed by atoms with Crippen molar-refractivity contribution in [2.45, 2.75) is 141 Å². The number of aliphatic hydroxyl groups is 3. The van der Waals surface area contributed by atoms with Gasteiger partial charge in [0.15, 0.2) is 0 Å². The number of carbonyl (C=O) groups is 2. The summed E-state index contributed by atoms with van der Waals surface area (Å²) >= 11 is 0. The molecule has 0 spiro atoms. The summed E-state index contributed by atoms with van der Waals surface area (Å²) in [4.78, 5) is 27.3. The Morgan fingerprint density at radius 3 is 2.58 bits per heavy atom. The molecule has 12 nitrogen and oxygen atoms in total. The van der Waals surface area contributed by atoms with Crippen LogP contribution in [0.5, 0.6) is 0 Å². The molecule has 0 aromatic heterocycles. The van der Waals surface area contributed by atoms with Gasteiger partial charge in [-0.25, -0.2) is 0 Å². The van der Waals surface area contributed by atoms with Crippen molar-refractivity contribution in [2.75, 3.05) is 38.2 Å². The molecule has 55 heavy (non-hydrogen) atoms. The second-order valence-corrected chi connectivity index (χ2v) is 16.2. The molecule has 4 rings (SSSR count). The minimum atomic E-state index is -1.46. The Morgan fingerprint density at radius 2 is 1.91 bits per heavy atom. The number of epoxide rings is 1. The molecule has 5 N–H and O–H groups in total. The number of hydrogen-bond donors (Lipinski definition) is 5. The van der Waals surface area contributed by atoms with Crippen LogP contribution in [0.25, 0.3) is 0 Å². The summed E-state index contributed by atoms with van der Waals surface area (Å²) in [6.07, 6.45) is 7.60. The lowest BCUT2D eigenvalue weighted by atomic mass is 9.87. The van der Waals surface area contributed by atoms with Gasteiger partial charge in [-0.15, -0.1) is 0 Å². The fraction of sp³-hybridized carbons (Fsp3) is 0.674. The van der Waals surface area contributed by atoms with Crippen LogP contribution in [0.15, 0.2) is 60.2 Å². The number of anilines is 1. The number of benzene rings is 1. The van der Waals surface area contributed by atoms with E-state index in [1.807, 2.05) is 13.8 Å². The second kappa shape index (κ2) is 20.4. The Bertz CT molecular complexity index is 1460. The van der Waals surface area contributed by atoms with Crippen molar-refractivity contribution >= 4 is 17.6 Å². The summed E-state index contributed by atoms with van der Waals surface area (Å²) in [5, 5.41) is 40.9. The van der Waals surface area contributed by atoms with E-state index in [0.29, 0.717) is 12.1 Å². The van der Waals surface area contributed by atoms with Gasteiger partial charge in [-0.3, -0.25) is 9.59 Å². The Kier molecular flexibility index (Phi) is 16.5. The van der Waals surface area contributed by atoms with Crippen molar-refractivity contribution in [3.05, 3.63) is 65.8 Å². The quantitative estimate of drug-likeness (QED) is 0.0789. The molecule has 2 saturated heterocycles. The van der Waals surface area contributed by atoms with Crippen molar-refractivity contribution in [2.24, 2.45) is 11.8 Å². The normalized spacial score (nSPS) is 31.9. The van der Waals surface area contributed by atoms with E-state index < -0.39 is 47.5 Å². The van der Waals surface area contributed by atoms with Gasteiger partial charge in [0.1, 0.15) is 23.9 Å². The van der Waals surface area contributed by atoms with E-state index in [1.54, 1.807) is 51.3 Å². The fourth-order valence-corrected chi connectivity index (χ4v) is 7.83. The standard InChI is InChI=1S/C43H67N3O9/c1-9-35(52-8)30(4)39-40(55-39)41(45-27-32-14-16-33(17-15-32)46-24-11-22-44-23-25-46)43(7,51)20-10-12-28(2)38-29(3)13-18-36(53-31(5)47)42(6,50)21-19-34(48)26-37(49)54-38/h10,12-18,20,29-30,34-36,38-41,44-45,48,50-51H,9,11,19,21-27H2,1-8H3/b18-13+,20-10+,28-12+/t29-,30+,34+,35-,36-,38-,39+,40-,41?,42+,43?/m0/s1. The number of cyclic esters (lactones) is 1. The molecule has 3 heterocycles. The average Bonchev–Trinajstić information content (AvgIpc) is 3.96. The number of esters is 2. The first-order valence-electron chi connectivity index (χ1n) is 20.1. The minimum absolute atomic E-state index is 0.0321. The zero-order chi connectivity index (χ0) is 40.3. The maximum atomic E-state index is 13.0. The van der Waals surface area contributed by atoms with Gasteiger partial charge in [-0.05, 0) is 82.3 Å². The Hall–Kier alpha value is -3.10. The summed E-state index contributed by atoms with van der Waals surface area (Å²) in [5.74, 6) is -1.36. The van der Waals surface area contributed by atoms with Crippen LogP contribution < -0.4 is 15.5 Å². The third-order valence-corrected chi connectivity index (χ3v) is 11.4. The second-order valence-electron chi connectivity index (χ2n) is 16.2. The van der Waals surface area contributed by atoms with E-state index in [1.165, 1.54) is 12.6 Å². The lowest BCUT2D eigenvalue weighted by molar-refractivity contribution is -0.157. The minimum Gasteiger partial charge on any atom is -0.457 e. The average molecular weight is 770 g/mol. The molecule has 12 heteroatoms. The molecular weight excluding hydrogens is 702 g/mol. The highest BCUT2D eigenvalue weighted by molar-refractivity contribution is 5.70. The van der Waals surface area contributed by atoms with Gasteiger partial charge >= 0.3 is 11.9 Å². The van der Waals surface area contributed by atoms with Crippen LogP contribution >= 0.6 is 0 Å². The predicted molar refractivity (Wildman–Crippen MR) is 213 cm³/mol. The summed E-state index contributed by atoms with van der Waals surface area (Å²) in [6, 6.07) is 8.14. The highest BCUT2D eigenvalue weighted by Crippen LogP contribution is 2.39. The van der Waals surface area contributed by atoms with E-state index in [0.717, 1.165) is 44.6 Å². The molecule has 0 amide bonds. The molecule has 11 atom stereocenters. The van der Waals surface area contributed by atoms with Crippen molar-refractivity contribution < 1.29 is 43.9 Å². The summed E-state index contributed by atoms with van der Waals surface area (Å²) < 4.78 is 23.4. The molecule has 2 unspecified atom stereocenters. The maximum Gasteiger partial charge on any atom is 0.309 e. The Balaban J connectivity index is 1.55. The van der Waals surface area contributed by atoms with Crippen molar-refractivity contribution in [3.8, 4) is 0 Å². The third-order valence-electron chi connectivity index (χ3n) is 11.4. The fourth-order valence-electron chi connectivity index (χ4n) is 7.83. The van der Waals surface area contributed by atoms with Gasteiger partial charge in [0, 0.05) is 57.7 Å². The number of hydrogen-bond acceptors (Lipinski definition) is 12. The van der Waals surface area contributed by atoms with Crippen LogP contribution in [0, 0.1) is 11.8 Å². The molecule has 3 aliphatic rings. The maximum absolute atomic E-state index is 13.0. The molecule has 0 aliphatic carbocycles. The van der Waals surface area contributed by atoms with Gasteiger partial charge in [0.25, 0.3) is 0 Å². The Labute approximate surface area is 328 Å². The molecule has 0 radical (unpaired) electrons. The molecular formula is C43H67N3O9. The van der Waals surface area contributed by atoms with Gasteiger partial charge in [0.2, 0.25) is 0 Å². The van der Waals surface area contributed by atoms with Crippen LogP contribution in [-0.2, 0) is 35.1 Å². The molecule has 1 aromatic rings. The highest BCUT2D eigenvalue weighted by atomic mass is 16.6. The topological polar surface area (TPSA) is 162 Å². The van der Waals surface area contributed by atoms with Crippen molar-refractivity contribution in [1.82, 2.24) is 10.6 Å². The van der Waals surface area contributed by atoms with E-state index >= 15 is 0 Å².